The van der Waals surface area contributed by atoms with Gasteiger partial charge in [-0.25, -0.2) is 0 Å². The van der Waals surface area contributed by atoms with Crippen LogP contribution in [0.15, 0.2) is 23.5 Å². The molecule has 1 saturated carbocycles. The predicted octanol–water partition coefficient (Wildman–Crippen LogP) is 2.83. The van der Waals surface area contributed by atoms with Crippen LogP contribution in [0.2, 0.25) is 0 Å². The zero-order valence-corrected chi connectivity index (χ0v) is 10.5. The Morgan fingerprint density at radius 1 is 1.41 bits per heavy atom. The van der Waals surface area contributed by atoms with Gasteiger partial charge < -0.3 is 5.73 Å². The van der Waals surface area contributed by atoms with Gasteiger partial charge in [0.15, 0.2) is 0 Å². The lowest BCUT2D eigenvalue weighted by Gasteiger charge is -2.20. The van der Waals surface area contributed by atoms with Gasteiger partial charge in [-0.15, -0.1) is 0 Å². The van der Waals surface area contributed by atoms with E-state index < -0.39 is 0 Å². The molecular formula is C14H21N3. The van der Waals surface area contributed by atoms with Crippen molar-refractivity contribution in [3.8, 4) is 0 Å². The van der Waals surface area contributed by atoms with Crippen LogP contribution in [0.4, 0.5) is 0 Å². The molecule has 0 bridgehead atoms. The Balaban J connectivity index is 1.97. The van der Waals surface area contributed by atoms with Crippen molar-refractivity contribution in [2.75, 3.05) is 0 Å². The summed E-state index contributed by atoms with van der Waals surface area (Å²) >= 11 is 0. The van der Waals surface area contributed by atoms with Crippen molar-refractivity contribution in [2.24, 2.45) is 16.6 Å². The Hall–Kier alpha value is -1.38. The summed E-state index contributed by atoms with van der Waals surface area (Å²) < 4.78 is 0. The van der Waals surface area contributed by atoms with Gasteiger partial charge in [0.25, 0.3) is 0 Å². The number of aliphatic imine (C=N–C) groups is 1. The molecule has 2 N–H and O–H groups in total. The summed E-state index contributed by atoms with van der Waals surface area (Å²) in [6.07, 6.45) is 10.1. The van der Waals surface area contributed by atoms with E-state index in [2.05, 4.69) is 16.9 Å². The van der Waals surface area contributed by atoms with Gasteiger partial charge in [-0.05, 0) is 37.0 Å². The van der Waals surface area contributed by atoms with Gasteiger partial charge in [-0.1, -0.05) is 19.3 Å². The summed E-state index contributed by atoms with van der Waals surface area (Å²) in [5.41, 5.74) is 8.48. The van der Waals surface area contributed by atoms with Crippen molar-refractivity contribution in [2.45, 2.75) is 45.6 Å². The number of aryl methyl sites for hydroxylation is 1. The maximum absolute atomic E-state index is 6.08. The molecule has 1 aliphatic carbocycles. The lowest BCUT2D eigenvalue weighted by Crippen LogP contribution is -2.25. The molecule has 0 aromatic carbocycles. The maximum Gasteiger partial charge on any atom is 0.0972 e. The molecule has 0 saturated heterocycles. The zero-order chi connectivity index (χ0) is 12.1. The van der Waals surface area contributed by atoms with Crippen molar-refractivity contribution < 1.29 is 0 Å². The second kappa shape index (κ2) is 5.80. The summed E-state index contributed by atoms with van der Waals surface area (Å²) in [7, 11) is 0. The second-order valence-electron chi connectivity index (χ2n) is 4.88. The van der Waals surface area contributed by atoms with E-state index in [0.717, 1.165) is 5.84 Å². The molecule has 0 unspecified atom stereocenters. The Bertz CT molecular complexity index is 392. The van der Waals surface area contributed by atoms with Crippen molar-refractivity contribution in [3.05, 3.63) is 29.6 Å². The number of rotatable bonds is 3. The number of nitrogens with two attached hydrogens (primary N) is 1. The average molecular weight is 231 g/mol. The van der Waals surface area contributed by atoms with Gasteiger partial charge in [-0.3, -0.25) is 9.98 Å². The first-order valence-electron chi connectivity index (χ1n) is 6.46. The fourth-order valence-electron chi connectivity index (χ4n) is 2.37. The van der Waals surface area contributed by atoms with Gasteiger partial charge >= 0.3 is 0 Å². The molecule has 1 heterocycles. The van der Waals surface area contributed by atoms with E-state index in [1.807, 2.05) is 18.5 Å². The number of hydrogen-bond donors (Lipinski definition) is 1. The molecule has 2 rings (SSSR count). The third-order valence-corrected chi connectivity index (χ3v) is 3.60. The van der Waals surface area contributed by atoms with Crippen molar-refractivity contribution >= 4 is 5.84 Å². The minimum absolute atomic E-state index is 0.515. The van der Waals surface area contributed by atoms with Gasteiger partial charge in [-0.2, -0.15) is 0 Å². The van der Waals surface area contributed by atoms with E-state index in [1.165, 1.54) is 43.2 Å². The van der Waals surface area contributed by atoms with Crippen LogP contribution in [0.25, 0.3) is 0 Å². The number of nitrogens with zero attached hydrogens (tertiary/aromatic N) is 2. The molecule has 0 amide bonds. The van der Waals surface area contributed by atoms with E-state index in [-0.39, 0.29) is 0 Å². The highest BCUT2D eigenvalue weighted by Crippen LogP contribution is 2.23. The average Bonchev–Trinajstić information content (AvgIpc) is 2.38. The Labute approximate surface area is 103 Å². The molecule has 1 fully saturated rings. The van der Waals surface area contributed by atoms with Gasteiger partial charge in [0.2, 0.25) is 0 Å². The summed E-state index contributed by atoms with van der Waals surface area (Å²) in [4.78, 5) is 8.66. The van der Waals surface area contributed by atoms with Crippen LogP contribution >= 0.6 is 0 Å². The first kappa shape index (κ1) is 12.1. The van der Waals surface area contributed by atoms with Crippen molar-refractivity contribution in [1.29, 1.82) is 0 Å². The van der Waals surface area contributed by atoms with Gasteiger partial charge in [0, 0.05) is 18.3 Å². The van der Waals surface area contributed by atoms with E-state index in [4.69, 9.17) is 5.73 Å². The summed E-state index contributed by atoms with van der Waals surface area (Å²) in [5.74, 6) is 1.36. The highest BCUT2D eigenvalue weighted by atomic mass is 14.9. The largest absolute Gasteiger partial charge is 0.387 e. The Morgan fingerprint density at radius 3 is 2.88 bits per heavy atom. The molecule has 0 radical (unpaired) electrons. The lowest BCUT2D eigenvalue weighted by atomic mass is 9.88. The molecule has 1 aliphatic rings. The SMILES string of the molecule is Cc1ccncc1CN=C(N)C1CCCCC1. The van der Waals surface area contributed by atoms with E-state index >= 15 is 0 Å². The fourth-order valence-corrected chi connectivity index (χ4v) is 2.37. The minimum Gasteiger partial charge on any atom is -0.387 e. The quantitative estimate of drug-likeness (QED) is 0.642. The summed E-state index contributed by atoms with van der Waals surface area (Å²) in [5, 5.41) is 0. The van der Waals surface area contributed by atoms with Crippen LogP contribution in [-0.2, 0) is 6.54 Å². The van der Waals surface area contributed by atoms with E-state index in [9.17, 15) is 0 Å². The highest BCUT2D eigenvalue weighted by Gasteiger charge is 2.16. The fraction of sp³-hybridized carbons (Fsp3) is 0.571. The number of hydrogen-bond acceptors (Lipinski definition) is 2. The molecule has 1 aromatic rings. The topological polar surface area (TPSA) is 51.3 Å². The van der Waals surface area contributed by atoms with Crippen LogP contribution in [-0.4, -0.2) is 10.8 Å². The number of amidine groups is 1. The Kier molecular flexibility index (Phi) is 4.13. The van der Waals surface area contributed by atoms with Crippen LogP contribution in [0.5, 0.6) is 0 Å². The molecule has 3 heteroatoms. The third-order valence-electron chi connectivity index (χ3n) is 3.60. The minimum atomic E-state index is 0.515. The van der Waals surface area contributed by atoms with Crippen molar-refractivity contribution in [3.63, 3.8) is 0 Å². The van der Waals surface area contributed by atoms with Gasteiger partial charge in [0.05, 0.1) is 12.4 Å². The maximum atomic E-state index is 6.08. The molecule has 3 nitrogen and oxygen atoms in total. The molecule has 17 heavy (non-hydrogen) atoms. The predicted molar refractivity (Wildman–Crippen MR) is 70.9 cm³/mol. The Morgan fingerprint density at radius 2 is 2.18 bits per heavy atom. The standard InChI is InChI=1S/C14H21N3/c1-11-7-8-16-9-13(11)10-17-14(15)12-5-3-2-4-6-12/h7-9,12H,2-6,10H2,1H3,(H2,15,17). The summed E-state index contributed by atoms with van der Waals surface area (Å²) in [6.45, 7) is 2.76. The monoisotopic (exact) mass is 231 g/mol. The first-order chi connectivity index (χ1) is 8.27. The van der Waals surface area contributed by atoms with E-state index in [1.54, 1.807) is 0 Å². The highest BCUT2D eigenvalue weighted by molar-refractivity contribution is 5.82. The second-order valence-corrected chi connectivity index (χ2v) is 4.88. The molecular weight excluding hydrogens is 210 g/mol. The first-order valence-corrected chi connectivity index (χ1v) is 6.46. The van der Waals surface area contributed by atoms with Crippen LogP contribution in [0, 0.1) is 12.8 Å². The van der Waals surface area contributed by atoms with Crippen molar-refractivity contribution in [1.82, 2.24) is 4.98 Å². The molecule has 92 valence electrons. The van der Waals surface area contributed by atoms with Crippen LogP contribution < -0.4 is 5.73 Å². The number of pyridine rings is 1. The number of aromatic nitrogens is 1. The van der Waals surface area contributed by atoms with E-state index in [0.29, 0.717) is 12.5 Å². The molecule has 0 spiro atoms. The molecule has 1 aromatic heterocycles. The lowest BCUT2D eigenvalue weighted by molar-refractivity contribution is 0.436. The third kappa shape index (κ3) is 3.29. The molecule has 0 atom stereocenters. The normalized spacial score (nSPS) is 18.3. The zero-order valence-electron chi connectivity index (χ0n) is 10.5. The molecule has 0 aliphatic heterocycles. The smallest absolute Gasteiger partial charge is 0.0972 e. The van der Waals surface area contributed by atoms with Crippen LogP contribution in [0.3, 0.4) is 0 Å². The summed E-state index contributed by atoms with van der Waals surface area (Å²) in [6, 6.07) is 2.02. The van der Waals surface area contributed by atoms with Crippen LogP contribution in [0.1, 0.15) is 43.2 Å². The van der Waals surface area contributed by atoms with Gasteiger partial charge in [0.1, 0.15) is 0 Å².